The van der Waals surface area contributed by atoms with Gasteiger partial charge in [0.2, 0.25) is 0 Å². The molecule has 212 valence electrons. The van der Waals surface area contributed by atoms with E-state index in [-0.39, 0.29) is 0 Å². The van der Waals surface area contributed by atoms with Gasteiger partial charge < -0.3 is 0 Å². The van der Waals surface area contributed by atoms with Crippen LogP contribution in [0, 0.1) is 45.8 Å². The van der Waals surface area contributed by atoms with Crippen molar-refractivity contribution in [2.24, 2.45) is 45.8 Å². The van der Waals surface area contributed by atoms with E-state index in [0.717, 1.165) is 29.6 Å². The first-order valence-corrected chi connectivity index (χ1v) is 17.1. The fourth-order valence-electron chi connectivity index (χ4n) is 9.45. The van der Waals surface area contributed by atoms with Gasteiger partial charge in [-0.1, -0.05) is 138 Å². The van der Waals surface area contributed by atoms with Crippen molar-refractivity contribution in [2.45, 2.75) is 183 Å². The Hall–Kier alpha value is 0. The van der Waals surface area contributed by atoms with E-state index in [1.165, 1.54) is 135 Å². The average Bonchev–Trinajstić information content (AvgIpc) is 2.91. The van der Waals surface area contributed by atoms with Crippen LogP contribution in [0.25, 0.3) is 0 Å². The second kappa shape index (κ2) is 13.9. The van der Waals surface area contributed by atoms with Crippen molar-refractivity contribution in [1.82, 2.24) is 0 Å². The summed E-state index contributed by atoms with van der Waals surface area (Å²) in [7, 11) is 0. The Morgan fingerprint density at radius 1 is 0.444 bits per heavy atom. The highest BCUT2D eigenvalue weighted by molar-refractivity contribution is 4.96. The first-order chi connectivity index (χ1) is 17.1. The molecule has 0 N–H and O–H groups in total. The van der Waals surface area contributed by atoms with E-state index in [1.807, 2.05) is 0 Å². The van der Waals surface area contributed by atoms with Gasteiger partial charge in [0.1, 0.15) is 0 Å². The van der Waals surface area contributed by atoms with Crippen LogP contribution >= 0.6 is 0 Å². The molecule has 0 radical (unpaired) electrons. The molecule has 0 aromatic heterocycles. The molecule has 0 nitrogen and oxygen atoms in total. The average molecular weight is 501 g/mol. The van der Waals surface area contributed by atoms with Crippen LogP contribution in [0.2, 0.25) is 0 Å². The first kappa shape index (κ1) is 30.5. The highest BCUT2D eigenvalue weighted by atomic mass is 14.5. The van der Waals surface area contributed by atoms with E-state index < -0.39 is 0 Å². The third kappa shape index (κ3) is 8.01. The molecule has 0 aliphatic heterocycles. The van der Waals surface area contributed by atoms with Crippen molar-refractivity contribution in [3.63, 3.8) is 0 Å². The molecule has 4 saturated carbocycles. The summed E-state index contributed by atoms with van der Waals surface area (Å²) in [5, 5.41) is 0. The van der Waals surface area contributed by atoms with E-state index in [9.17, 15) is 0 Å². The summed E-state index contributed by atoms with van der Waals surface area (Å²) in [6.45, 7) is 18.0. The minimum Gasteiger partial charge on any atom is -0.0622 e. The van der Waals surface area contributed by atoms with Crippen LogP contribution in [0.4, 0.5) is 0 Å². The largest absolute Gasteiger partial charge is 0.0622 e. The molecule has 4 rings (SSSR count). The molecule has 4 aliphatic rings. The summed E-state index contributed by atoms with van der Waals surface area (Å²) in [6, 6.07) is 0. The lowest BCUT2D eigenvalue weighted by Gasteiger charge is -2.53. The Labute approximate surface area is 228 Å². The van der Waals surface area contributed by atoms with Gasteiger partial charge in [-0.15, -0.1) is 0 Å². The molecule has 0 heterocycles. The van der Waals surface area contributed by atoms with E-state index >= 15 is 0 Å². The van der Waals surface area contributed by atoms with Gasteiger partial charge in [-0.2, -0.15) is 0 Å². The van der Waals surface area contributed by atoms with Crippen molar-refractivity contribution >= 4 is 0 Å². The molecule has 0 saturated heterocycles. The zero-order valence-corrected chi connectivity index (χ0v) is 26.2. The summed E-state index contributed by atoms with van der Waals surface area (Å²) < 4.78 is 0. The van der Waals surface area contributed by atoms with Gasteiger partial charge in [0, 0.05) is 0 Å². The van der Waals surface area contributed by atoms with Crippen LogP contribution in [0.1, 0.15) is 183 Å². The molecule has 0 aromatic carbocycles. The molecule has 0 aromatic rings. The molecular weight excluding hydrogens is 432 g/mol. The number of hydrogen-bond acceptors (Lipinski definition) is 0. The summed E-state index contributed by atoms with van der Waals surface area (Å²) in [5.74, 6) is 4.97. The lowest BCUT2D eigenvalue weighted by Crippen LogP contribution is -2.45. The quantitative estimate of drug-likeness (QED) is 0.326. The zero-order valence-electron chi connectivity index (χ0n) is 26.2. The molecule has 4 fully saturated rings. The van der Waals surface area contributed by atoms with Crippen molar-refractivity contribution in [3.8, 4) is 0 Å². The van der Waals surface area contributed by atoms with Gasteiger partial charge in [-0.05, 0) is 90.8 Å². The minimum atomic E-state index is 0.523. The second-order valence-corrected chi connectivity index (χ2v) is 16.0. The predicted octanol–water partition coefficient (Wildman–Crippen LogP) is 12.4. The molecule has 0 amide bonds. The van der Waals surface area contributed by atoms with Crippen LogP contribution in [-0.2, 0) is 0 Å². The Balaban J connectivity index is 0.000000201. The first-order valence-electron chi connectivity index (χ1n) is 17.1. The normalized spacial score (nSPS) is 25.8. The summed E-state index contributed by atoms with van der Waals surface area (Å²) >= 11 is 0. The molecule has 1 unspecified atom stereocenters. The number of hydrogen-bond donors (Lipinski definition) is 0. The third-order valence-electron chi connectivity index (χ3n) is 12.9. The van der Waals surface area contributed by atoms with E-state index in [1.54, 1.807) is 0 Å². The van der Waals surface area contributed by atoms with E-state index in [2.05, 4.69) is 48.5 Å². The van der Waals surface area contributed by atoms with Crippen LogP contribution in [0.15, 0.2) is 0 Å². The van der Waals surface area contributed by atoms with Crippen molar-refractivity contribution in [2.75, 3.05) is 0 Å². The zero-order chi connectivity index (χ0) is 26.2. The minimum absolute atomic E-state index is 0.523. The van der Waals surface area contributed by atoms with Crippen LogP contribution in [-0.4, -0.2) is 0 Å². The van der Waals surface area contributed by atoms with E-state index in [4.69, 9.17) is 0 Å². The Bertz CT molecular complexity index is 558. The van der Waals surface area contributed by atoms with Gasteiger partial charge in [-0.25, -0.2) is 0 Å². The molecule has 1 atom stereocenters. The lowest BCUT2D eigenvalue weighted by atomic mass is 9.52. The SMILES string of the molecule is CC(C)(C1CCCCC1)C(C)(C)C1CCCCC1.CC(CC(C)(C)C1CCCCC1)C1CCCCC1. The molecule has 0 heteroatoms. The molecular formula is C36H68. The molecule has 4 aliphatic carbocycles. The Kier molecular flexibility index (Phi) is 11.8. The molecule has 36 heavy (non-hydrogen) atoms. The predicted molar refractivity (Wildman–Crippen MR) is 161 cm³/mol. The van der Waals surface area contributed by atoms with Crippen LogP contribution in [0.5, 0.6) is 0 Å². The molecule has 0 spiro atoms. The number of rotatable bonds is 7. The lowest BCUT2D eigenvalue weighted by molar-refractivity contribution is -0.0378. The monoisotopic (exact) mass is 501 g/mol. The topological polar surface area (TPSA) is 0 Å². The van der Waals surface area contributed by atoms with Gasteiger partial charge in [-0.3, -0.25) is 0 Å². The highest BCUT2D eigenvalue weighted by Gasteiger charge is 2.47. The van der Waals surface area contributed by atoms with E-state index in [0.29, 0.717) is 16.2 Å². The maximum atomic E-state index is 2.58. The fourth-order valence-corrected chi connectivity index (χ4v) is 9.45. The highest BCUT2D eigenvalue weighted by Crippen LogP contribution is 2.56. The van der Waals surface area contributed by atoms with Crippen molar-refractivity contribution in [3.05, 3.63) is 0 Å². The smallest absolute Gasteiger partial charge is 0.0272 e. The summed E-state index contributed by atoms with van der Waals surface area (Å²) in [5.41, 5.74) is 1.64. The summed E-state index contributed by atoms with van der Waals surface area (Å²) in [6.07, 6.45) is 31.3. The van der Waals surface area contributed by atoms with Crippen LogP contribution in [0.3, 0.4) is 0 Å². The van der Waals surface area contributed by atoms with Gasteiger partial charge >= 0.3 is 0 Å². The maximum absolute atomic E-state index is 2.58. The Morgan fingerprint density at radius 3 is 1.11 bits per heavy atom. The second-order valence-electron chi connectivity index (χ2n) is 16.0. The Morgan fingerprint density at radius 2 is 0.750 bits per heavy atom. The maximum Gasteiger partial charge on any atom is -0.0272 e. The van der Waals surface area contributed by atoms with Gasteiger partial charge in [0.05, 0.1) is 0 Å². The molecule has 0 bridgehead atoms. The van der Waals surface area contributed by atoms with Gasteiger partial charge in [0.25, 0.3) is 0 Å². The summed E-state index contributed by atoms with van der Waals surface area (Å²) in [4.78, 5) is 0. The fraction of sp³-hybridized carbons (Fsp3) is 1.00. The van der Waals surface area contributed by atoms with Gasteiger partial charge in [0.15, 0.2) is 0 Å². The van der Waals surface area contributed by atoms with Crippen LogP contribution < -0.4 is 0 Å². The van der Waals surface area contributed by atoms with Crippen molar-refractivity contribution in [1.29, 1.82) is 0 Å². The third-order valence-corrected chi connectivity index (χ3v) is 12.9. The standard InChI is InChI=1S/2C18H34/c1-17(2,15-11-7-5-8-12-15)18(3,4)16-13-9-6-10-14-16;1-15(16-10-6-4-7-11-16)14-18(2,3)17-12-8-5-9-13-17/h15-16H,5-14H2,1-4H3;15-17H,4-14H2,1-3H3. The van der Waals surface area contributed by atoms with Crippen molar-refractivity contribution < 1.29 is 0 Å².